The van der Waals surface area contributed by atoms with E-state index in [9.17, 15) is 12.8 Å². The number of hydrogen-bond acceptors (Lipinski definition) is 7. The molecule has 1 aromatic rings. The van der Waals surface area contributed by atoms with Crippen molar-refractivity contribution in [2.75, 3.05) is 61.6 Å². The molecule has 3 aliphatic rings. The van der Waals surface area contributed by atoms with Crippen LogP contribution in [-0.4, -0.2) is 71.3 Å². The van der Waals surface area contributed by atoms with E-state index < -0.39 is 26.5 Å². The first-order valence-electron chi connectivity index (χ1n) is 8.78. The van der Waals surface area contributed by atoms with Crippen LogP contribution in [0.3, 0.4) is 0 Å². The van der Waals surface area contributed by atoms with Crippen LogP contribution >= 0.6 is 0 Å². The van der Waals surface area contributed by atoms with Gasteiger partial charge in [-0.3, -0.25) is 0 Å². The largest absolute Gasteiger partial charge is 0.378 e. The van der Waals surface area contributed by atoms with E-state index in [-0.39, 0.29) is 29.9 Å². The Hall–Kier alpha value is -1.52. The van der Waals surface area contributed by atoms with E-state index in [1.807, 2.05) is 0 Å². The maximum atomic E-state index is 15.2. The van der Waals surface area contributed by atoms with Crippen LogP contribution in [0, 0.1) is 11.8 Å². The van der Waals surface area contributed by atoms with Crippen molar-refractivity contribution in [1.29, 1.82) is 0 Å². The van der Waals surface area contributed by atoms with E-state index in [4.69, 9.17) is 9.47 Å². The highest BCUT2D eigenvalue weighted by Gasteiger charge is 2.39. The van der Waals surface area contributed by atoms with E-state index in [1.54, 1.807) is 4.90 Å². The summed E-state index contributed by atoms with van der Waals surface area (Å²) in [4.78, 5) is 6.29. The van der Waals surface area contributed by atoms with Crippen molar-refractivity contribution in [3.8, 4) is 0 Å². The molecule has 10 heteroatoms. The monoisotopic (exact) mass is 389 g/mol. The number of ether oxygens (including phenoxy) is 2. The lowest BCUT2D eigenvalue weighted by Gasteiger charge is -2.34. The molecule has 1 aromatic heterocycles. The van der Waals surface area contributed by atoms with Crippen molar-refractivity contribution < 1.29 is 26.7 Å². The Morgan fingerprint density at radius 2 is 1.92 bits per heavy atom. The molecule has 1 atom stereocenters. The fourth-order valence-electron chi connectivity index (χ4n) is 3.70. The lowest BCUT2D eigenvalue weighted by Crippen LogP contribution is -2.42. The molecular formula is C16H21F2N3O4S. The third-order valence-corrected chi connectivity index (χ3v) is 6.74. The number of hydrogen-bond donors (Lipinski definition) is 0. The highest BCUT2D eigenvalue weighted by atomic mass is 32.2. The minimum Gasteiger partial charge on any atom is -0.378 e. The minimum atomic E-state index is -3.92. The van der Waals surface area contributed by atoms with Crippen molar-refractivity contribution >= 4 is 21.3 Å². The van der Waals surface area contributed by atoms with Crippen LogP contribution in [0.5, 0.6) is 0 Å². The van der Waals surface area contributed by atoms with Gasteiger partial charge in [-0.15, -0.1) is 0 Å². The molecule has 4 heterocycles. The number of sulfone groups is 1. The molecule has 3 aliphatic heterocycles. The lowest BCUT2D eigenvalue weighted by molar-refractivity contribution is 0.115. The number of aromatic nitrogens is 1. The molecule has 0 unspecified atom stereocenters. The van der Waals surface area contributed by atoms with Gasteiger partial charge in [-0.25, -0.2) is 12.8 Å². The summed E-state index contributed by atoms with van der Waals surface area (Å²) in [7, 11) is -3.92. The number of halogens is 2. The fourth-order valence-corrected chi connectivity index (χ4v) is 5.23. The third-order valence-electron chi connectivity index (χ3n) is 5.03. The Morgan fingerprint density at radius 1 is 1.15 bits per heavy atom. The predicted molar refractivity (Wildman–Crippen MR) is 90.4 cm³/mol. The molecule has 0 spiro atoms. The van der Waals surface area contributed by atoms with Crippen LogP contribution in [0.2, 0.25) is 0 Å². The highest BCUT2D eigenvalue weighted by Crippen LogP contribution is 2.38. The second-order valence-corrected chi connectivity index (χ2v) is 8.76. The topological polar surface area (TPSA) is 72.0 Å². The van der Waals surface area contributed by atoms with Gasteiger partial charge in [-0.2, -0.15) is 9.37 Å². The third kappa shape index (κ3) is 3.14. The first-order chi connectivity index (χ1) is 12.5. The number of morpholine rings is 1. The zero-order valence-corrected chi connectivity index (χ0v) is 15.1. The van der Waals surface area contributed by atoms with Crippen molar-refractivity contribution in [1.82, 2.24) is 4.98 Å². The van der Waals surface area contributed by atoms with Gasteiger partial charge in [0.15, 0.2) is 21.5 Å². The standard InChI is InChI=1S/C16H21F2N3O4S/c17-12-14-13(15(18)19-16(12)20-3-7-24-8-4-20)21(5-9-26(14,22)23)10-11-2-1-6-25-11/h11H,1-10H2/t11-/m1/s1. The first kappa shape index (κ1) is 17.9. The van der Waals surface area contributed by atoms with Gasteiger partial charge in [-0.05, 0) is 12.8 Å². The van der Waals surface area contributed by atoms with E-state index in [0.717, 1.165) is 12.8 Å². The summed E-state index contributed by atoms with van der Waals surface area (Å²) in [6.07, 6.45) is 1.63. The SMILES string of the molecule is O=S1(=O)CCN(C[C@H]2CCCO2)c2c(F)nc(N3CCOCC3)c(F)c21. The van der Waals surface area contributed by atoms with E-state index in [1.165, 1.54) is 4.90 Å². The van der Waals surface area contributed by atoms with E-state index in [0.29, 0.717) is 39.5 Å². The molecule has 0 N–H and O–H groups in total. The second kappa shape index (κ2) is 6.90. The molecule has 0 bridgehead atoms. The normalized spacial score (nSPS) is 25.4. The second-order valence-electron chi connectivity index (χ2n) is 6.72. The lowest BCUT2D eigenvalue weighted by atomic mass is 10.2. The molecule has 26 heavy (non-hydrogen) atoms. The zero-order chi connectivity index (χ0) is 18.3. The van der Waals surface area contributed by atoms with Gasteiger partial charge in [0.2, 0.25) is 5.95 Å². The zero-order valence-electron chi connectivity index (χ0n) is 14.3. The quantitative estimate of drug-likeness (QED) is 0.714. The average molecular weight is 389 g/mol. The maximum Gasteiger partial charge on any atom is 0.239 e. The Labute approximate surface area is 150 Å². The number of fused-ring (bicyclic) bond motifs is 1. The molecule has 7 nitrogen and oxygen atoms in total. The van der Waals surface area contributed by atoms with Gasteiger partial charge < -0.3 is 19.3 Å². The average Bonchev–Trinajstić information content (AvgIpc) is 3.13. The van der Waals surface area contributed by atoms with Crippen LogP contribution in [0.1, 0.15) is 12.8 Å². The Morgan fingerprint density at radius 3 is 2.62 bits per heavy atom. The number of pyridine rings is 1. The van der Waals surface area contributed by atoms with E-state index >= 15 is 4.39 Å². The molecule has 0 saturated carbocycles. The summed E-state index contributed by atoms with van der Waals surface area (Å²) in [5.74, 6) is -2.44. The van der Waals surface area contributed by atoms with Gasteiger partial charge in [-0.1, -0.05) is 0 Å². The van der Waals surface area contributed by atoms with Crippen molar-refractivity contribution in [2.45, 2.75) is 23.8 Å². The van der Waals surface area contributed by atoms with Crippen LogP contribution in [0.25, 0.3) is 0 Å². The fraction of sp³-hybridized carbons (Fsp3) is 0.688. The number of nitrogens with zero attached hydrogens (tertiary/aromatic N) is 3. The smallest absolute Gasteiger partial charge is 0.239 e. The summed E-state index contributed by atoms with van der Waals surface area (Å²) >= 11 is 0. The van der Waals surface area contributed by atoms with Crippen LogP contribution in [-0.2, 0) is 19.3 Å². The van der Waals surface area contributed by atoms with Gasteiger partial charge >= 0.3 is 0 Å². The van der Waals surface area contributed by atoms with Gasteiger partial charge in [0.1, 0.15) is 10.6 Å². The molecular weight excluding hydrogens is 368 g/mol. The number of rotatable bonds is 3. The molecule has 144 valence electrons. The predicted octanol–water partition coefficient (Wildman–Crippen LogP) is 0.969. The summed E-state index contributed by atoms with van der Waals surface area (Å²) in [6, 6.07) is 0. The van der Waals surface area contributed by atoms with Gasteiger partial charge in [0.05, 0.1) is 25.1 Å². The minimum absolute atomic E-state index is 0.101. The van der Waals surface area contributed by atoms with Crippen LogP contribution in [0.15, 0.2) is 4.90 Å². The molecule has 0 aliphatic carbocycles. The maximum absolute atomic E-state index is 15.2. The Bertz CT molecular complexity index is 793. The molecule has 4 rings (SSSR count). The first-order valence-corrected chi connectivity index (χ1v) is 10.4. The van der Waals surface area contributed by atoms with Crippen molar-refractivity contribution in [3.05, 3.63) is 11.8 Å². The van der Waals surface area contributed by atoms with Gasteiger partial charge in [0.25, 0.3) is 0 Å². The van der Waals surface area contributed by atoms with Crippen molar-refractivity contribution in [2.24, 2.45) is 0 Å². The molecule has 2 fully saturated rings. The Kier molecular flexibility index (Phi) is 4.74. The summed E-state index contributed by atoms with van der Waals surface area (Å²) in [5.41, 5.74) is -0.263. The van der Waals surface area contributed by atoms with Crippen LogP contribution in [0.4, 0.5) is 20.3 Å². The number of anilines is 2. The van der Waals surface area contributed by atoms with Gasteiger partial charge in [0, 0.05) is 32.8 Å². The summed E-state index contributed by atoms with van der Waals surface area (Å²) in [6.45, 7) is 2.45. The van der Waals surface area contributed by atoms with E-state index in [2.05, 4.69) is 4.98 Å². The van der Waals surface area contributed by atoms with Crippen LogP contribution < -0.4 is 9.80 Å². The Balaban J connectivity index is 1.76. The molecule has 0 aromatic carbocycles. The summed E-state index contributed by atoms with van der Waals surface area (Å²) < 4.78 is 65.8. The highest BCUT2D eigenvalue weighted by molar-refractivity contribution is 7.91. The molecule has 0 amide bonds. The van der Waals surface area contributed by atoms with Crippen molar-refractivity contribution in [3.63, 3.8) is 0 Å². The molecule has 2 saturated heterocycles. The summed E-state index contributed by atoms with van der Waals surface area (Å²) in [5, 5.41) is 0. The molecule has 0 radical (unpaired) electrons.